The summed E-state index contributed by atoms with van der Waals surface area (Å²) in [7, 11) is 0. The van der Waals surface area contributed by atoms with Gasteiger partial charge in [0.1, 0.15) is 0 Å². The molecule has 0 unspecified atom stereocenters. The van der Waals surface area contributed by atoms with Gasteiger partial charge < -0.3 is 5.32 Å². The summed E-state index contributed by atoms with van der Waals surface area (Å²) in [6, 6.07) is 0.858. The second kappa shape index (κ2) is 3.37. The highest BCUT2D eigenvalue weighted by Gasteiger charge is 2.37. The topological polar surface area (TPSA) is 12.0 Å². The monoisotopic (exact) mass is 167 g/mol. The molecule has 0 radical (unpaired) electrons. The molecule has 0 aromatic heterocycles. The molecule has 2 fully saturated rings. The minimum atomic E-state index is 0.692. The van der Waals surface area contributed by atoms with Crippen molar-refractivity contribution in [2.45, 2.75) is 57.9 Å². The van der Waals surface area contributed by atoms with Gasteiger partial charge in [-0.1, -0.05) is 26.2 Å². The molecule has 0 aliphatic heterocycles. The molecule has 0 bridgehead atoms. The van der Waals surface area contributed by atoms with E-state index in [0.29, 0.717) is 5.41 Å². The van der Waals surface area contributed by atoms with Crippen LogP contribution in [-0.2, 0) is 0 Å². The zero-order valence-electron chi connectivity index (χ0n) is 8.23. The molecule has 0 aromatic carbocycles. The van der Waals surface area contributed by atoms with Crippen LogP contribution in [0.5, 0.6) is 0 Å². The first-order valence-corrected chi connectivity index (χ1v) is 5.52. The van der Waals surface area contributed by atoms with Gasteiger partial charge in [0.05, 0.1) is 0 Å². The number of hydrogen-bond acceptors (Lipinski definition) is 1. The van der Waals surface area contributed by atoms with Gasteiger partial charge in [-0.15, -0.1) is 0 Å². The lowest BCUT2D eigenvalue weighted by Crippen LogP contribution is -2.34. The van der Waals surface area contributed by atoms with Gasteiger partial charge in [0, 0.05) is 12.6 Å². The van der Waals surface area contributed by atoms with Crippen LogP contribution in [0.25, 0.3) is 0 Å². The van der Waals surface area contributed by atoms with Gasteiger partial charge in [0.25, 0.3) is 0 Å². The Bertz CT molecular complexity index is 143. The maximum Gasteiger partial charge on any atom is 0.00672 e. The summed E-state index contributed by atoms with van der Waals surface area (Å²) in [4.78, 5) is 0. The Balaban J connectivity index is 1.65. The smallest absolute Gasteiger partial charge is 0.00672 e. The Kier molecular flexibility index (Phi) is 2.40. The minimum Gasteiger partial charge on any atom is -0.313 e. The Morgan fingerprint density at radius 2 is 1.83 bits per heavy atom. The summed E-state index contributed by atoms with van der Waals surface area (Å²) in [5.41, 5.74) is 0.692. The van der Waals surface area contributed by atoms with Crippen molar-refractivity contribution < 1.29 is 0 Å². The molecule has 0 heterocycles. The Hall–Kier alpha value is -0.0400. The molecule has 2 aliphatic rings. The molecule has 0 atom stereocenters. The summed E-state index contributed by atoms with van der Waals surface area (Å²) in [6.07, 6.45) is 10.1. The highest BCUT2D eigenvalue weighted by atomic mass is 14.9. The zero-order chi connectivity index (χ0) is 8.44. The molecule has 12 heavy (non-hydrogen) atoms. The third-order valence-electron chi connectivity index (χ3n) is 3.53. The predicted molar refractivity (Wildman–Crippen MR) is 52.2 cm³/mol. The Labute approximate surface area is 75.9 Å². The summed E-state index contributed by atoms with van der Waals surface area (Å²) >= 11 is 0. The molecular formula is C11H21N. The van der Waals surface area contributed by atoms with E-state index in [1.807, 2.05) is 0 Å². The first kappa shape index (κ1) is 8.55. The fraction of sp³-hybridized carbons (Fsp3) is 1.00. The van der Waals surface area contributed by atoms with E-state index in [-0.39, 0.29) is 0 Å². The molecule has 0 saturated heterocycles. The van der Waals surface area contributed by atoms with Crippen molar-refractivity contribution in [3.05, 3.63) is 0 Å². The van der Waals surface area contributed by atoms with Crippen LogP contribution < -0.4 is 5.32 Å². The minimum absolute atomic E-state index is 0.692. The maximum absolute atomic E-state index is 3.72. The van der Waals surface area contributed by atoms with E-state index in [4.69, 9.17) is 0 Å². The first-order valence-electron chi connectivity index (χ1n) is 5.52. The van der Waals surface area contributed by atoms with Gasteiger partial charge in [-0.2, -0.15) is 0 Å². The van der Waals surface area contributed by atoms with E-state index in [1.54, 1.807) is 0 Å². The van der Waals surface area contributed by atoms with E-state index < -0.39 is 0 Å². The highest BCUT2D eigenvalue weighted by Crippen LogP contribution is 2.44. The van der Waals surface area contributed by atoms with E-state index in [1.165, 1.54) is 51.5 Å². The molecule has 0 amide bonds. The molecule has 70 valence electrons. The lowest BCUT2D eigenvalue weighted by atomic mass is 9.95. The van der Waals surface area contributed by atoms with E-state index in [9.17, 15) is 0 Å². The first-order chi connectivity index (χ1) is 5.79. The van der Waals surface area contributed by atoms with Crippen molar-refractivity contribution in [1.82, 2.24) is 5.32 Å². The summed E-state index contributed by atoms with van der Waals surface area (Å²) in [6.45, 7) is 3.68. The lowest BCUT2D eigenvalue weighted by molar-refractivity contribution is 0.347. The van der Waals surface area contributed by atoms with Crippen LogP contribution in [0, 0.1) is 5.41 Å². The average molecular weight is 167 g/mol. The third kappa shape index (κ3) is 2.22. The second-order valence-corrected chi connectivity index (χ2v) is 5.03. The number of nitrogens with one attached hydrogen (secondary N) is 1. The fourth-order valence-corrected chi connectivity index (χ4v) is 2.09. The van der Waals surface area contributed by atoms with Gasteiger partial charge in [0.2, 0.25) is 0 Å². The average Bonchev–Trinajstić information content (AvgIpc) is 2.84. The van der Waals surface area contributed by atoms with Crippen molar-refractivity contribution in [3.8, 4) is 0 Å². The third-order valence-corrected chi connectivity index (χ3v) is 3.53. The van der Waals surface area contributed by atoms with Crippen LogP contribution in [0.15, 0.2) is 0 Å². The molecule has 1 N–H and O–H groups in total. The van der Waals surface area contributed by atoms with E-state index in [0.717, 1.165) is 6.04 Å². The van der Waals surface area contributed by atoms with Gasteiger partial charge in [-0.05, 0) is 31.1 Å². The molecule has 0 spiro atoms. The van der Waals surface area contributed by atoms with Crippen LogP contribution in [-0.4, -0.2) is 12.6 Å². The van der Waals surface area contributed by atoms with Crippen LogP contribution >= 0.6 is 0 Å². The second-order valence-electron chi connectivity index (χ2n) is 5.03. The van der Waals surface area contributed by atoms with Gasteiger partial charge in [0.15, 0.2) is 0 Å². The normalized spacial score (nSPS) is 28.8. The summed E-state index contributed by atoms with van der Waals surface area (Å²) in [5.74, 6) is 0. The van der Waals surface area contributed by atoms with Crippen molar-refractivity contribution in [1.29, 1.82) is 0 Å². The van der Waals surface area contributed by atoms with Crippen molar-refractivity contribution >= 4 is 0 Å². The summed E-state index contributed by atoms with van der Waals surface area (Å²) < 4.78 is 0. The maximum atomic E-state index is 3.72. The van der Waals surface area contributed by atoms with Crippen LogP contribution in [0.1, 0.15) is 51.9 Å². The standard InChI is InChI=1S/C11H21N/c1-11(7-8-11)9-12-10-5-3-2-4-6-10/h10,12H,2-9H2,1H3. The van der Waals surface area contributed by atoms with Crippen LogP contribution in [0.3, 0.4) is 0 Å². The van der Waals surface area contributed by atoms with Crippen LogP contribution in [0.4, 0.5) is 0 Å². The number of hydrogen-bond donors (Lipinski definition) is 1. The van der Waals surface area contributed by atoms with E-state index >= 15 is 0 Å². The Morgan fingerprint density at radius 1 is 1.17 bits per heavy atom. The predicted octanol–water partition coefficient (Wildman–Crippen LogP) is 2.71. The SMILES string of the molecule is CC1(CNC2CCCCC2)CC1. The molecule has 1 heteroatoms. The quantitative estimate of drug-likeness (QED) is 0.681. The summed E-state index contributed by atoms with van der Waals surface area (Å²) in [5, 5.41) is 3.72. The van der Waals surface area contributed by atoms with Gasteiger partial charge in [-0.3, -0.25) is 0 Å². The largest absolute Gasteiger partial charge is 0.313 e. The molecule has 0 aromatic rings. The molecule has 2 saturated carbocycles. The highest BCUT2D eigenvalue weighted by molar-refractivity contribution is 4.91. The van der Waals surface area contributed by atoms with Crippen LogP contribution in [0.2, 0.25) is 0 Å². The van der Waals surface area contributed by atoms with Gasteiger partial charge >= 0.3 is 0 Å². The molecule has 2 rings (SSSR count). The molecular weight excluding hydrogens is 146 g/mol. The zero-order valence-corrected chi connectivity index (χ0v) is 8.23. The lowest BCUT2D eigenvalue weighted by Gasteiger charge is -2.24. The van der Waals surface area contributed by atoms with Crippen molar-refractivity contribution in [2.75, 3.05) is 6.54 Å². The van der Waals surface area contributed by atoms with Crippen molar-refractivity contribution in [3.63, 3.8) is 0 Å². The Morgan fingerprint density at radius 3 is 2.42 bits per heavy atom. The van der Waals surface area contributed by atoms with Crippen molar-refractivity contribution in [2.24, 2.45) is 5.41 Å². The molecule has 2 aliphatic carbocycles. The fourth-order valence-electron chi connectivity index (χ4n) is 2.09. The number of rotatable bonds is 3. The van der Waals surface area contributed by atoms with E-state index in [2.05, 4.69) is 12.2 Å². The molecule has 1 nitrogen and oxygen atoms in total. The van der Waals surface area contributed by atoms with Gasteiger partial charge in [-0.25, -0.2) is 0 Å².